The third-order valence-electron chi connectivity index (χ3n) is 5.90. The summed E-state index contributed by atoms with van der Waals surface area (Å²) in [5.74, 6) is 0.674. The number of rotatable bonds is 4. The summed E-state index contributed by atoms with van der Waals surface area (Å²) in [6.45, 7) is 4.59. The van der Waals surface area contributed by atoms with Crippen molar-refractivity contribution >= 4 is 21.8 Å². The van der Waals surface area contributed by atoms with Gasteiger partial charge in [0.1, 0.15) is 12.4 Å². The highest BCUT2D eigenvalue weighted by Gasteiger charge is 2.37. The maximum Gasteiger partial charge on any atom is 0.414 e. The number of methoxy groups -OCH3 is 1. The van der Waals surface area contributed by atoms with Gasteiger partial charge in [0, 0.05) is 24.7 Å². The molecule has 2 aliphatic rings. The highest BCUT2D eigenvalue weighted by Crippen LogP contribution is 2.34. The second kappa shape index (κ2) is 7.92. The summed E-state index contributed by atoms with van der Waals surface area (Å²) in [4.78, 5) is 14.5. The van der Waals surface area contributed by atoms with Crippen LogP contribution in [0.25, 0.3) is 0 Å². The Morgan fingerprint density at radius 3 is 2.47 bits per heavy atom. The van der Waals surface area contributed by atoms with Gasteiger partial charge in [-0.1, -0.05) is 18.2 Å². The van der Waals surface area contributed by atoms with Crippen molar-refractivity contribution < 1.29 is 22.7 Å². The van der Waals surface area contributed by atoms with Gasteiger partial charge in [-0.3, -0.25) is 4.90 Å². The van der Waals surface area contributed by atoms with Crippen LogP contribution in [0.2, 0.25) is 0 Å². The number of carbonyl (C=O) groups excluding carboxylic acids is 1. The minimum atomic E-state index is -3.63. The summed E-state index contributed by atoms with van der Waals surface area (Å²) in [5.41, 5.74) is 3.27. The molecule has 0 spiro atoms. The van der Waals surface area contributed by atoms with Gasteiger partial charge in [0.25, 0.3) is 0 Å². The van der Waals surface area contributed by atoms with Crippen LogP contribution in [0.15, 0.2) is 41.3 Å². The number of nitrogens with zero attached hydrogens (tertiary/aromatic N) is 2. The topological polar surface area (TPSA) is 76.2 Å². The van der Waals surface area contributed by atoms with Gasteiger partial charge in [-0.2, -0.15) is 4.31 Å². The number of benzene rings is 2. The molecule has 2 aromatic carbocycles. The average Bonchev–Trinajstić information content (AvgIpc) is 2.75. The van der Waals surface area contributed by atoms with Crippen molar-refractivity contribution in [3.8, 4) is 5.75 Å². The van der Waals surface area contributed by atoms with Crippen LogP contribution in [0.3, 0.4) is 0 Å². The molecule has 160 valence electrons. The van der Waals surface area contributed by atoms with Gasteiger partial charge in [0.05, 0.1) is 17.7 Å². The number of sulfonamides is 1. The summed E-state index contributed by atoms with van der Waals surface area (Å²) in [6, 6.07) is 11.0. The zero-order valence-corrected chi connectivity index (χ0v) is 18.2. The van der Waals surface area contributed by atoms with E-state index in [0.29, 0.717) is 42.1 Å². The monoisotopic (exact) mass is 430 g/mol. The second-order valence-electron chi connectivity index (χ2n) is 7.78. The normalized spacial score (nSPS) is 18.1. The number of ether oxygens (including phenoxy) is 2. The Bertz CT molecular complexity index is 1070. The number of cyclic esters (lactones) is 1. The molecule has 0 saturated carbocycles. The summed E-state index contributed by atoms with van der Waals surface area (Å²) in [7, 11) is -2.05. The van der Waals surface area contributed by atoms with Crippen molar-refractivity contribution in [2.45, 2.75) is 44.2 Å². The standard InChI is InChI=1S/C22H26N2O5S/c1-15-13-21(16(2)12-20(15)28-3)30(26,27)23-10-8-18(9-11-23)24-19-7-5-4-6-17(19)14-29-22(24)25/h4-7,12-13,18H,8-11,14H2,1-3H3. The molecule has 1 amide bonds. The third-order valence-corrected chi connectivity index (χ3v) is 7.94. The van der Waals surface area contributed by atoms with Crippen LogP contribution in [-0.4, -0.2) is 45.1 Å². The van der Waals surface area contributed by atoms with Crippen LogP contribution < -0.4 is 9.64 Å². The van der Waals surface area contributed by atoms with Crippen LogP contribution in [0.5, 0.6) is 5.75 Å². The van der Waals surface area contributed by atoms with Gasteiger partial charge in [0.15, 0.2) is 0 Å². The first-order valence-corrected chi connectivity index (χ1v) is 11.5. The molecule has 0 N–H and O–H groups in total. The minimum Gasteiger partial charge on any atom is -0.496 e. The first kappa shape index (κ1) is 20.7. The fourth-order valence-corrected chi connectivity index (χ4v) is 6.02. The molecular formula is C22H26N2O5S. The maximum absolute atomic E-state index is 13.3. The summed E-state index contributed by atoms with van der Waals surface area (Å²) in [6.07, 6.45) is 0.741. The second-order valence-corrected chi connectivity index (χ2v) is 9.68. The van der Waals surface area contributed by atoms with Crippen molar-refractivity contribution in [1.29, 1.82) is 0 Å². The van der Waals surface area contributed by atoms with Gasteiger partial charge < -0.3 is 9.47 Å². The highest BCUT2D eigenvalue weighted by molar-refractivity contribution is 7.89. The van der Waals surface area contributed by atoms with E-state index < -0.39 is 10.0 Å². The maximum atomic E-state index is 13.3. The molecule has 4 rings (SSSR count). The SMILES string of the molecule is COc1cc(C)c(S(=O)(=O)N2CCC(N3C(=O)OCc4ccccc43)CC2)cc1C. The Morgan fingerprint density at radius 2 is 1.77 bits per heavy atom. The van der Waals surface area contributed by atoms with E-state index in [4.69, 9.17) is 9.47 Å². The van der Waals surface area contributed by atoms with Crippen LogP contribution in [0.4, 0.5) is 10.5 Å². The molecule has 2 aromatic rings. The van der Waals surface area contributed by atoms with Crippen LogP contribution in [-0.2, 0) is 21.4 Å². The predicted molar refractivity (Wildman–Crippen MR) is 113 cm³/mol. The largest absolute Gasteiger partial charge is 0.496 e. The molecule has 2 heterocycles. The first-order valence-electron chi connectivity index (χ1n) is 10.0. The van der Waals surface area contributed by atoms with Crippen molar-refractivity contribution in [3.05, 3.63) is 53.1 Å². The van der Waals surface area contributed by atoms with Crippen molar-refractivity contribution in [2.75, 3.05) is 25.1 Å². The first-order chi connectivity index (χ1) is 14.3. The number of anilines is 1. The van der Waals surface area contributed by atoms with E-state index in [1.165, 1.54) is 4.31 Å². The zero-order valence-electron chi connectivity index (χ0n) is 17.4. The van der Waals surface area contributed by atoms with Gasteiger partial charge >= 0.3 is 6.09 Å². The smallest absolute Gasteiger partial charge is 0.414 e. The number of aryl methyl sites for hydroxylation is 2. The third kappa shape index (κ3) is 3.54. The van der Waals surface area contributed by atoms with Crippen LogP contribution in [0.1, 0.15) is 29.5 Å². The quantitative estimate of drug-likeness (QED) is 0.741. The molecule has 7 nitrogen and oxygen atoms in total. The lowest BCUT2D eigenvalue weighted by molar-refractivity contribution is 0.136. The van der Waals surface area contributed by atoms with Crippen molar-refractivity contribution in [3.63, 3.8) is 0 Å². The Hall–Kier alpha value is -2.58. The molecule has 1 fully saturated rings. The summed E-state index contributed by atoms with van der Waals surface area (Å²) in [5, 5.41) is 0. The van der Waals surface area contributed by atoms with Gasteiger partial charge in [-0.15, -0.1) is 0 Å². The number of hydrogen-bond acceptors (Lipinski definition) is 5. The Morgan fingerprint density at radius 1 is 1.07 bits per heavy atom. The lowest BCUT2D eigenvalue weighted by Gasteiger charge is -2.39. The van der Waals surface area contributed by atoms with E-state index in [2.05, 4.69) is 0 Å². The summed E-state index contributed by atoms with van der Waals surface area (Å²) < 4.78 is 38.7. The summed E-state index contributed by atoms with van der Waals surface area (Å²) >= 11 is 0. The Labute approximate surface area is 177 Å². The molecule has 0 unspecified atom stereocenters. The molecule has 0 aliphatic carbocycles. The average molecular weight is 431 g/mol. The predicted octanol–water partition coefficient (Wildman–Crippen LogP) is 3.62. The van der Waals surface area contributed by atoms with E-state index in [1.807, 2.05) is 31.2 Å². The van der Waals surface area contributed by atoms with Crippen molar-refractivity contribution in [1.82, 2.24) is 4.31 Å². The molecule has 0 radical (unpaired) electrons. The number of hydrogen-bond donors (Lipinski definition) is 0. The molecule has 2 aliphatic heterocycles. The van der Waals surface area contributed by atoms with Crippen LogP contribution >= 0.6 is 0 Å². The van der Waals surface area contributed by atoms with Gasteiger partial charge in [-0.05, 0) is 56.0 Å². The number of amides is 1. The van der Waals surface area contributed by atoms with Crippen LogP contribution in [0, 0.1) is 13.8 Å². The van der Waals surface area contributed by atoms with Gasteiger partial charge in [0.2, 0.25) is 10.0 Å². The molecule has 30 heavy (non-hydrogen) atoms. The number of carbonyl (C=O) groups is 1. The van der Waals surface area contributed by atoms with Crippen molar-refractivity contribution in [2.24, 2.45) is 0 Å². The van der Waals surface area contributed by atoms with E-state index in [1.54, 1.807) is 31.1 Å². The number of fused-ring (bicyclic) bond motifs is 1. The molecule has 0 aromatic heterocycles. The van der Waals surface area contributed by atoms with Gasteiger partial charge in [-0.25, -0.2) is 13.2 Å². The molecule has 0 atom stereocenters. The molecule has 0 bridgehead atoms. The lowest BCUT2D eigenvalue weighted by Crippen LogP contribution is -2.50. The minimum absolute atomic E-state index is 0.0934. The van der Waals surface area contributed by atoms with E-state index in [9.17, 15) is 13.2 Å². The highest BCUT2D eigenvalue weighted by atomic mass is 32.2. The Balaban J connectivity index is 1.54. The van der Waals surface area contributed by atoms with E-state index in [-0.39, 0.29) is 18.7 Å². The number of piperidine rings is 1. The molecule has 1 saturated heterocycles. The van der Waals surface area contributed by atoms with E-state index in [0.717, 1.165) is 16.8 Å². The van der Waals surface area contributed by atoms with E-state index >= 15 is 0 Å². The molecular weight excluding hydrogens is 404 g/mol. The fraction of sp³-hybridized carbons (Fsp3) is 0.409. The zero-order chi connectivity index (χ0) is 21.5. The fourth-order valence-electron chi connectivity index (χ4n) is 4.26. The molecule has 8 heteroatoms. The Kier molecular flexibility index (Phi) is 5.46. The number of para-hydroxylation sites is 1. The lowest BCUT2D eigenvalue weighted by atomic mass is 10.0.